The van der Waals surface area contributed by atoms with E-state index in [0.717, 1.165) is 5.56 Å². The van der Waals surface area contributed by atoms with E-state index in [1.165, 1.54) is 16.7 Å². The van der Waals surface area contributed by atoms with Gasteiger partial charge in [0.1, 0.15) is 11.9 Å². The van der Waals surface area contributed by atoms with Crippen molar-refractivity contribution in [3.63, 3.8) is 0 Å². The van der Waals surface area contributed by atoms with Crippen LogP contribution in [-0.2, 0) is 9.59 Å². The number of thioether (sulfide) groups is 1. The van der Waals surface area contributed by atoms with E-state index < -0.39 is 0 Å². The van der Waals surface area contributed by atoms with Crippen LogP contribution in [0.5, 0.6) is 11.5 Å². The van der Waals surface area contributed by atoms with Crippen LogP contribution >= 0.6 is 11.8 Å². The molecule has 0 saturated carbocycles. The molecule has 120 valence electrons. The molecule has 1 saturated heterocycles. The van der Waals surface area contributed by atoms with E-state index in [9.17, 15) is 9.59 Å². The third-order valence-electron chi connectivity index (χ3n) is 3.47. The number of hydrogen-bond acceptors (Lipinski definition) is 5. The highest BCUT2D eigenvalue weighted by Crippen LogP contribution is 2.41. The maximum atomic E-state index is 12.1. The second kappa shape index (κ2) is 6.91. The van der Waals surface area contributed by atoms with Crippen molar-refractivity contribution < 1.29 is 19.1 Å². The molecular weight excluding hydrogens is 304 g/mol. The molecule has 7 heteroatoms. The molecule has 1 aromatic carbocycles. The van der Waals surface area contributed by atoms with Gasteiger partial charge in [0.2, 0.25) is 11.8 Å². The summed E-state index contributed by atoms with van der Waals surface area (Å²) >= 11 is 1.51. The van der Waals surface area contributed by atoms with Crippen LogP contribution in [0.2, 0.25) is 0 Å². The summed E-state index contributed by atoms with van der Waals surface area (Å²) in [5, 5.41) is -0.184. The molecule has 1 atom stereocenters. The molecule has 0 N–H and O–H groups in total. The van der Waals surface area contributed by atoms with Crippen molar-refractivity contribution in [1.82, 2.24) is 9.80 Å². The van der Waals surface area contributed by atoms with Crippen LogP contribution in [0, 0.1) is 0 Å². The first kappa shape index (κ1) is 16.5. The molecule has 1 heterocycles. The van der Waals surface area contributed by atoms with Crippen LogP contribution in [-0.4, -0.2) is 62.2 Å². The van der Waals surface area contributed by atoms with Gasteiger partial charge in [0.05, 0.1) is 20.0 Å². The van der Waals surface area contributed by atoms with Crippen molar-refractivity contribution >= 4 is 23.6 Å². The Balaban J connectivity index is 2.26. The summed E-state index contributed by atoms with van der Waals surface area (Å²) in [4.78, 5) is 27.1. The number of methoxy groups -OCH3 is 2. The zero-order valence-corrected chi connectivity index (χ0v) is 14.0. The number of amides is 2. The number of benzene rings is 1. The molecule has 2 amide bonds. The standard InChI is InChI=1S/C15H20N2O4S/c1-16(2)13(18)8-17-14(19)9-22-15(17)10-5-6-11(20-3)12(7-10)21-4/h5-7,15H,8-9H2,1-4H3/t15-/m0/s1. The quantitative estimate of drug-likeness (QED) is 0.819. The van der Waals surface area contributed by atoms with Gasteiger partial charge in [0, 0.05) is 14.1 Å². The number of hydrogen-bond donors (Lipinski definition) is 0. The molecule has 0 spiro atoms. The van der Waals surface area contributed by atoms with Gasteiger partial charge in [-0.2, -0.15) is 0 Å². The summed E-state index contributed by atoms with van der Waals surface area (Å²) in [7, 11) is 6.51. The van der Waals surface area contributed by atoms with E-state index in [4.69, 9.17) is 9.47 Å². The average molecular weight is 324 g/mol. The van der Waals surface area contributed by atoms with Gasteiger partial charge in [0.15, 0.2) is 11.5 Å². The van der Waals surface area contributed by atoms with Crippen LogP contribution in [0.15, 0.2) is 18.2 Å². The summed E-state index contributed by atoms with van der Waals surface area (Å²) in [5.41, 5.74) is 0.917. The Bertz CT molecular complexity index is 577. The van der Waals surface area contributed by atoms with Crippen molar-refractivity contribution in [3.8, 4) is 11.5 Å². The fourth-order valence-corrected chi connectivity index (χ4v) is 3.37. The van der Waals surface area contributed by atoms with Gasteiger partial charge < -0.3 is 19.3 Å². The lowest BCUT2D eigenvalue weighted by molar-refractivity contribution is -0.137. The van der Waals surface area contributed by atoms with Crippen LogP contribution < -0.4 is 9.47 Å². The summed E-state index contributed by atoms with van der Waals surface area (Å²) in [6, 6.07) is 5.55. The molecular formula is C15H20N2O4S. The molecule has 1 aliphatic heterocycles. The average Bonchev–Trinajstić information content (AvgIpc) is 2.87. The number of ether oxygens (including phenoxy) is 2. The normalized spacial score (nSPS) is 17.5. The Morgan fingerprint density at radius 3 is 2.59 bits per heavy atom. The molecule has 22 heavy (non-hydrogen) atoms. The highest BCUT2D eigenvalue weighted by Gasteiger charge is 2.34. The summed E-state index contributed by atoms with van der Waals surface area (Å²) in [6.07, 6.45) is 0. The first-order valence-electron chi connectivity index (χ1n) is 6.81. The fraction of sp³-hybridized carbons (Fsp3) is 0.467. The van der Waals surface area contributed by atoms with Crippen LogP contribution in [0.1, 0.15) is 10.9 Å². The highest BCUT2D eigenvalue weighted by molar-refractivity contribution is 8.00. The minimum Gasteiger partial charge on any atom is -0.493 e. The van der Waals surface area contributed by atoms with Gasteiger partial charge in [0.25, 0.3) is 0 Å². The second-order valence-corrected chi connectivity index (χ2v) is 6.16. The van der Waals surface area contributed by atoms with Gasteiger partial charge in [-0.3, -0.25) is 9.59 Å². The van der Waals surface area contributed by atoms with Gasteiger partial charge in [-0.15, -0.1) is 11.8 Å². The van der Waals surface area contributed by atoms with Gasteiger partial charge >= 0.3 is 0 Å². The molecule has 0 aliphatic carbocycles. The van der Waals surface area contributed by atoms with Crippen LogP contribution in [0.4, 0.5) is 0 Å². The molecule has 0 radical (unpaired) electrons. The topological polar surface area (TPSA) is 59.1 Å². The lowest BCUT2D eigenvalue weighted by atomic mass is 10.1. The summed E-state index contributed by atoms with van der Waals surface area (Å²) < 4.78 is 10.5. The molecule has 1 aliphatic rings. The molecule has 0 unspecified atom stereocenters. The Hall–Kier alpha value is -1.89. The Kier molecular flexibility index (Phi) is 5.18. The monoisotopic (exact) mass is 324 g/mol. The SMILES string of the molecule is COc1ccc([C@@H]2SCC(=O)N2CC(=O)N(C)C)cc1OC. The lowest BCUT2D eigenvalue weighted by Gasteiger charge is -2.25. The molecule has 6 nitrogen and oxygen atoms in total. The zero-order valence-electron chi connectivity index (χ0n) is 13.2. The van der Waals surface area contributed by atoms with Crippen molar-refractivity contribution in [2.24, 2.45) is 0 Å². The Morgan fingerprint density at radius 1 is 1.32 bits per heavy atom. The predicted molar refractivity (Wildman–Crippen MR) is 85.2 cm³/mol. The highest BCUT2D eigenvalue weighted by atomic mass is 32.2. The zero-order chi connectivity index (χ0) is 16.3. The van der Waals surface area contributed by atoms with E-state index in [-0.39, 0.29) is 23.7 Å². The Morgan fingerprint density at radius 2 is 2.00 bits per heavy atom. The van der Waals surface area contributed by atoms with E-state index in [2.05, 4.69) is 0 Å². The molecule has 2 rings (SSSR count). The lowest BCUT2D eigenvalue weighted by Crippen LogP contribution is -2.38. The van der Waals surface area contributed by atoms with E-state index in [1.54, 1.807) is 33.2 Å². The number of likely N-dealkylation sites (N-methyl/N-ethyl adjacent to an activating group) is 1. The van der Waals surface area contributed by atoms with Crippen molar-refractivity contribution in [2.75, 3.05) is 40.6 Å². The molecule has 0 aromatic heterocycles. The van der Waals surface area contributed by atoms with Gasteiger partial charge in [-0.1, -0.05) is 6.07 Å². The predicted octanol–water partition coefficient (Wildman–Crippen LogP) is 1.37. The first-order chi connectivity index (χ1) is 10.5. The van der Waals surface area contributed by atoms with Gasteiger partial charge in [-0.25, -0.2) is 0 Å². The third-order valence-corrected chi connectivity index (χ3v) is 4.72. The van der Waals surface area contributed by atoms with Crippen molar-refractivity contribution in [2.45, 2.75) is 5.37 Å². The number of nitrogens with zero attached hydrogens (tertiary/aromatic N) is 2. The van der Waals surface area contributed by atoms with Gasteiger partial charge in [-0.05, 0) is 17.7 Å². The largest absolute Gasteiger partial charge is 0.493 e. The maximum Gasteiger partial charge on any atom is 0.241 e. The minimum absolute atomic E-state index is 0.0278. The Labute approximate surface area is 134 Å². The molecule has 1 aromatic rings. The second-order valence-electron chi connectivity index (χ2n) is 5.09. The van der Waals surface area contributed by atoms with Crippen molar-refractivity contribution in [3.05, 3.63) is 23.8 Å². The minimum atomic E-state index is -0.184. The molecule has 1 fully saturated rings. The van der Waals surface area contributed by atoms with E-state index >= 15 is 0 Å². The van der Waals surface area contributed by atoms with Crippen molar-refractivity contribution in [1.29, 1.82) is 0 Å². The van der Waals surface area contributed by atoms with E-state index in [0.29, 0.717) is 17.3 Å². The molecule has 0 bridgehead atoms. The number of rotatable bonds is 5. The fourth-order valence-electron chi connectivity index (χ4n) is 2.19. The number of carbonyl (C=O) groups excluding carboxylic acids is 2. The smallest absolute Gasteiger partial charge is 0.241 e. The number of carbonyl (C=O) groups is 2. The summed E-state index contributed by atoms with van der Waals surface area (Å²) in [5.74, 6) is 1.50. The maximum absolute atomic E-state index is 12.1. The summed E-state index contributed by atoms with van der Waals surface area (Å²) in [6.45, 7) is 0.0812. The third kappa shape index (κ3) is 3.30. The van der Waals surface area contributed by atoms with Crippen LogP contribution in [0.3, 0.4) is 0 Å². The van der Waals surface area contributed by atoms with Crippen LogP contribution in [0.25, 0.3) is 0 Å². The van der Waals surface area contributed by atoms with E-state index in [1.807, 2.05) is 18.2 Å². The first-order valence-corrected chi connectivity index (χ1v) is 7.86.